The third kappa shape index (κ3) is 3.53. The van der Waals surface area contributed by atoms with E-state index in [1.165, 1.54) is 4.90 Å². The highest BCUT2D eigenvalue weighted by atomic mass is 16.5. The minimum absolute atomic E-state index is 0.147. The third-order valence-corrected chi connectivity index (χ3v) is 6.10. The second-order valence-electron chi connectivity index (χ2n) is 8.13. The molecule has 0 fully saturated rings. The maximum absolute atomic E-state index is 13.4. The van der Waals surface area contributed by atoms with Crippen LogP contribution >= 0.6 is 0 Å². The molecule has 2 aliphatic rings. The third-order valence-electron chi connectivity index (χ3n) is 6.10. The number of hydrogen-bond donors (Lipinski definition) is 1. The molecule has 7 heteroatoms. The van der Waals surface area contributed by atoms with Crippen LogP contribution < -0.4 is 10.5 Å². The standard InChI is InChI=1S/C24H26N4O3/c1-15-6-7-16(14-25)11-19(15)17-8-9-21-20(12-17)24(22(29)28(2)23(26)27-24)13-18(31-21)5-4-10-30-3/h6-9,11-12,18H,4-5,10,13H2,1-3H3,(H2,26,27). The number of nitriles is 1. The van der Waals surface area contributed by atoms with Gasteiger partial charge in [-0.05, 0) is 60.7 Å². The van der Waals surface area contributed by atoms with Crippen LogP contribution in [0.25, 0.3) is 11.1 Å². The summed E-state index contributed by atoms with van der Waals surface area (Å²) in [6.45, 7) is 2.63. The van der Waals surface area contributed by atoms with E-state index in [1.54, 1.807) is 20.2 Å². The van der Waals surface area contributed by atoms with Crippen molar-refractivity contribution < 1.29 is 14.3 Å². The van der Waals surface area contributed by atoms with Gasteiger partial charge in [-0.1, -0.05) is 12.1 Å². The number of methoxy groups -OCH3 is 1. The molecule has 2 unspecified atom stereocenters. The number of amides is 1. The summed E-state index contributed by atoms with van der Waals surface area (Å²) in [6, 6.07) is 13.6. The van der Waals surface area contributed by atoms with Crippen molar-refractivity contribution in [2.24, 2.45) is 10.7 Å². The van der Waals surface area contributed by atoms with E-state index in [-0.39, 0.29) is 18.0 Å². The molecule has 2 aromatic rings. The van der Waals surface area contributed by atoms with Gasteiger partial charge >= 0.3 is 0 Å². The molecule has 2 aliphatic heterocycles. The van der Waals surface area contributed by atoms with Crippen LogP contribution in [0.15, 0.2) is 41.4 Å². The van der Waals surface area contributed by atoms with Crippen molar-refractivity contribution in [2.45, 2.75) is 37.8 Å². The van der Waals surface area contributed by atoms with Crippen molar-refractivity contribution >= 4 is 11.9 Å². The van der Waals surface area contributed by atoms with E-state index in [1.807, 2.05) is 37.3 Å². The molecule has 0 bridgehead atoms. The van der Waals surface area contributed by atoms with Crippen molar-refractivity contribution in [3.05, 3.63) is 53.1 Å². The molecular weight excluding hydrogens is 392 g/mol. The van der Waals surface area contributed by atoms with E-state index in [0.717, 1.165) is 29.5 Å². The lowest BCUT2D eigenvalue weighted by Gasteiger charge is -2.37. The zero-order valence-electron chi connectivity index (χ0n) is 18.0. The highest BCUT2D eigenvalue weighted by Crippen LogP contribution is 2.47. The Morgan fingerprint density at radius 2 is 2.16 bits per heavy atom. The van der Waals surface area contributed by atoms with Crippen molar-refractivity contribution in [1.82, 2.24) is 4.90 Å². The number of ether oxygens (including phenoxy) is 2. The van der Waals surface area contributed by atoms with Crippen LogP contribution in [0.3, 0.4) is 0 Å². The van der Waals surface area contributed by atoms with E-state index in [2.05, 4.69) is 11.1 Å². The molecule has 160 valence electrons. The normalized spacial score (nSPS) is 22.1. The molecule has 2 heterocycles. The highest BCUT2D eigenvalue weighted by molar-refractivity contribution is 6.07. The average Bonchev–Trinajstić information content (AvgIpc) is 2.98. The lowest BCUT2D eigenvalue weighted by molar-refractivity contribution is -0.132. The summed E-state index contributed by atoms with van der Waals surface area (Å²) < 4.78 is 11.4. The molecule has 0 radical (unpaired) electrons. The molecule has 0 aliphatic carbocycles. The number of carbonyl (C=O) groups excluding carboxylic acids is 1. The smallest absolute Gasteiger partial charge is 0.261 e. The molecule has 7 nitrogen and oxygen atoms in total. The van der Waals surface area contributed by atoms with E-state index in [4.69, 9.17) is 15.2 Å². The zero-order valence-corrected chi connectivity index (χ0v) is 18.0. The quantitative estimate of drug-likeness (QED) is 0.752. The first-order valence-corrected chi connectivity index (χ1v) is 10.3. The number of aliphatic imine (C=N–C) groups is 1. The van der Waals surface area contributed by atoms with Crippen LogP contribution in [0, 0.1) is 18.3 Å². The second-order valence-corrected chi connectivity index (χ2v) is 8.13. The fourth-order valence-electron chi connectivity index (χ4n) is 4.41. The van der Waals surface area contributed by atoms with Gasteiger partial charge in [0.2, 0.25) is 0 Å². The summed E-state index contributed by atoms with van der Waals surface area (Å²) in [5, 5.41) is 9.31. The number of hydrogen-bond acceptors (Lipinski definition) is 6. The lowest BCUT2D eigenvalue weighted by Crippen LogP contribution is -2.45. The molecule has 2 aromatic carbocycles. The van der Waals surface area contributed by atoms with Gasteiger partial charge in [-0.3, -0.25) is 9.69 Å². The first kappa shape index (κ1) is 20.9. The number of aryl methyl sites for hydroxylation is 1. The summed E-state index contributed by atoms with van der Waals surface area (Å²) in [7, 11) is 3.32. The summed E-state index contributed by atoms with van der Waals surface area (Å²) in [6.07, 6.45) is 1.85. The molecule has 0 saturated heterocycles. The molecule has 1 spiro atoms. The number of nitrogens with two attached hydrogens (primary N) is 1. The number of likely N-dealkylation sites (N-methyl/N-ethyl adjacent to an activating group) is 1. The Morgan fingerprint density at radius 3 is 2.84 bits per heavy atom. The topological polar surface area (TPSA) is 101 Å². The molecule has 2 atom stereocenters. The van der Waals surface area contributed by atoms with Gasteiger partial charge < -0.3 is 15.2 Å². The van der Waals surface area contributed by atoms with Crippen LogP contribution in [0.1, 0.15) is 36.0 Å². The fourth-order valence-corrected chi connectivity index (χ4v) is 4.41. The van der Waals surface area contributed by atoms with E-state index in [0.29, 0.717) is 29.9 Å². The van der Waals surface area contributed by atoms with Gasteiger partial charge in [0.25, 0.3) is 5.91 Å². The van der Waals surface area contributed by atoms with Gasteiger partial charge in [0, 0.05) is 32.7 Å². The van der Waals surface area contributed by atoms with Crippen LogP contribution in [-0.2, 0) is 15.1 Å². The molecule has 2 N–H and O–H groups in total. The maximum Gasteiger partial charge on any atom is 0.261 e. The zero-order chi connectivity index (χ0) is 22.2. The van der Waals surface area contributed by atoms with Gasteiger partial charge in [-0.2, -0.15) is 5.26 Å². The number of benzene rings is 2. The van der Waals surface area contributed by atoms with Gasteiger partial charge in [0.1, 0.15) is 11.9 Å². The number of carbonyl (C=O) groups is 1. The summed E-state index contributed by atoms with van der Waals surface area (Å²) >= 11 is 0. The molecule has 0 saturated carbocycles. The van der Waals surface area contributed by atoms with Crippen LogP contribution in [-0.4, -0.2) is 43.6 Å². The first-order chi connectivity index (χ1) is 14.9. The largest absolute Gasteiger partial charge is 0.490 e. The van der Waals surface area contributed by atoms with Crippen molar-refractivity contribution in [2.75, 3.05) is 20.8 Å². The fraction of sp³-hybridized carbons (Fsp3) is 0.375. The van der Waals surface area contributed by atoms with Gasteiger partial charge in [-0.25, -0.2) is 4.99 Å². The van der Waals surface area contributed by atoms with E-state index < -0.39 is 5.54 Å². The Labute approximate surface area is 182 Å². The Bertz CT molecular complexity index is 1100. The number of fused-ring (bicyclic) bond motifs is 2. The molecule has 31 heavy (non-hydrogen) atoms. The molecule has 1 amide bonds. The lowest BCUT2D eigenvalue weighted by atomic mass is 9.79. The number of nitrogens with zero attached hydrogens (tertiary/aromatic N) is 3. The SMILES string of the molecule is COCCCC1CC2(N=C(N)N(C)C2=O)c2cc(-c3cc(C#N)ccc3C)ccc2O1. The Hall–Kier alpha value is -3.37. The van der Waals surface area contributed by atoms with Crippen molar-refractivity contribution in [3.8, 4) is 22.9 Å². The van der Waals surface area contributed by atoms with Crippen molar-refractivity contribution in [1.29, 1.82) is 5.26 Å². The maximum atomic E-state index is 13.4. The molecular formula is C24H26N4O3. The monoisotopic (exact) mass is 418 g/mol. The Morgan fingerprint density at radius 1 is 1.35 bits per heavy atom. The van der Waals surface area contributed by atoms with Crippen LogP contribution in [0.2, 0.25) is 0 Å². The minimum atomic E-state index is -1.10. The predicted octanol–water partition coefficient (Wildman–Crippen LogP) is 3.09. The average molecular weight is 418 g/mol. The summed E-state index contributed by atoms with van der Waals surface area (Å²) in [5.41, 5.74) is 9.16. The van der Waals surface area contributed by atoms with Crippen LogP contribution in [0.5, 0.6) is 5.75 Å². The van der Waals surface area contributed by atoms with Gasteiger partial charge in [0.05, 0.1) is 11.6 Å². The van der Waals surface area contributed by atoms with Crippen LogP contribution in [0.4, 0.5) is 0 Å². The molecule has 0 aromatic heterocycles. The van der Waals surface area contributed by atoms with E-state index in [9.17, 15) is 10.1 Å². The number of guanidine groups is 1. The predicted molar refractivity (Wildman–Crippen MR) is 118 cm³/mol. The molecule has 4 rings (SSSR count). The minimum Gasteiger partial charge on any atom is -0.490 e. The second kappa shape index (κ2) is 8.05. The highest BCUT2D eigenvalue weighted by Gasteiger charge is 2.53. The summed E-state index contributed by atoms with van der Waals surface area (Å²) in [4.78, 5) is 19.4. The van der Waals surface area contributed by atoms with Gasteiger partial charge in [0.15, 0.2) is 11.5 Å². The summed E-state index contributed by atoms with van der Waals surface area (Å²) in [5.74, 6) is 0.708. The van der Waals surface area contributed by atoms with Crippen molar-refractivity contribution in [3.63, 3.8) is 0 Å². The van der Waals surface area contributed by atoms with E-state index >= 15 is 0 Å². The van der Waals surface area contributed by atoms with Gasteiger partial charge in [-0.15, -0.1) is 0 Å². The first-order valence-electron chi connectivity index (χ1n) is 10.3. The Kier molecular flexibility index (Phi) is 5.42. The Balaban J connectivity index is 1.82. The number of rotatable bonds is 5.